The normalized spacial score (nSPS) is 17.3. The van der Waals surface area contributed by atoms with Gasteiger partial charge >= 0.3 is 6.01 Å². The van der Waals surface area contributed by atoms with Crippen LogP contribution in [0.5, 0.6) is 11.9 Å². The Hall–Kier alpha value is -4.22. The second-order valence-electron chi connectivity index (χ2n) is 9.70. The lowest BCUT2D eigenvalue weighted by molar-refractivity contribution is -0.119. The number of fused-ring (bicyclic) bond motifs is 4. The SMILES string of the molecule is CCOc1ncc(-c2nc3c(n2C(C)C)C2(C(=O)Nc4cc(Cl)ccc42)N(c2cc(Cl)ccc2F)C3=O)c(OC)n1. The van der Waals surface area contributed by atoms with Crippen molar-refractivity contribution < 1.29 is 23.5 Å². The van der Waals surface area contributed by atoms with E-state index in [2.05, 4.69) is 15.3 Å². The molecule has 13 heteroatoms. The van der Waals surface area contributed by atoms with Crippen LogP contribution in [0.4, 0.5) is 15.8 Å². The van der Waals surface area contributed by atoms with E-state index in [1.165, 1.54) is 25.4 Å². The summed E-state index contributed by atoms with van der Waals surface area (Å²) in [7, 11) is 1.44. The predicted octanol–water partition coefficient (Wildman–Crippen LogP) is 5.63. The average Bonchev–Trinajstić information content (AvgIpc) is 3.54. The third-order valence-electron chi connectivity index (χ3n) is 7.05. The summed E-state index contributed by atoms with van der Waals surface area (Å²) >= 11 is 12.5. The van der Waals surface area contributed by atoms with Crippen molar-refractivity contribution in [3.05, 3.63) is 75.4 Å². The number of nitrogens with one attached hydrogen (secondary N) is 1. The molecule has 41 heavy (non-hydrogen) atoms. The monoisotopic (exact) mass is 596 g/mol. The van der Waals surface area contributed by atoms with Crippen LogP contribution in [-0.2, 0) is 10.3 Å². The zero-order chi connectivity index (χ0) is 29.2. The molecule has 1 unspecified atom stereocenters. The number of imidazole rings is 1. The lowest BCUT2D eigenvalue weighted by Gasteiger charge is -2.35. The number of benzene rings is 2. The van der Waals surface area contributed by atoms with Crippen LogP contribution in [0.1, 0.15) is 48.6 Å². The maximum Gasteiger partial charge on any atom is 0.319 e. The zero-order valence-electron chi connectivity index (χ0n) is 22.3. The summed E-state index contributed by atoms with van der Waals surface area (Å²) in [5.74, 6) is -1.55. The predicted molar refractivity (Wildman–Crippen MR) is 150 cm³/mol. The molecule has 2 aromatic heterocycles. The molecule has 0 aliphatic carbocycles. The summed E-state index contributed by atoms with van der Waals surface area (Å²) in [4.78, 5) is 43.0. The molecular formula is C28H23Cl2FN6O4. The second-order valence-corrected chi connectivity index (χ2v) is 10.6. The Bertz CT molecular complexity index is 1760. The van der Waals surface area contributed by atoms with Crippen molar-refractivity contribution in [3.8, 4) is 23.3 Å². The van der Waals surface area contributed by atoms with Crippen molar-refractivity contribution in [2.24, 2.45) is 0 Å². The van der Waals surface area contributed by atoms with Gasteiger partial charge in [-0.25, -0.2) is 14.4 Å². The van der Waals surface area contributed by atoms with Crippen molar-refractivity contribution in [3.63, 3.8) is 0 Å². The molecule has 0 saturated carbocycles. The van der Waals surface area contributed by atoms with Crippen molar-refractivity contribution in [2.75, 3.05) is 23.9 Å². The molecule has 4 aromatic rings. The number of carbonyl (C=O) groups is 2. The largest absolute Gasteiger partial charge is 0.480 e. The number of hydrogen-bond donors (Lipinski definition) is 1. The van der Waals surface area contributed by atoms with Crippen LogP contribution in [0.15, 0.2) is 42.6 Å². The fourth-order valence-corrected chi connectivity index (χ4v) is 5.86. The molecular weight excluding hydrogens is 574 g/mol. The van der Waals surface area contributed by atoms with Gasteiger partial charge in [0.25, 0.3) is 11.8 Å². The van der Waals surface area contributed by atoms with Gasteiger partial charge in [-0.1, -0.05) is 29.3 Å². The van der Waals surface area contributed by atoms with Crippen LogP contribution >= 0.6 is 23.2 Å². The van der Waals surface area contributed by atoms with Gasteiger partial charge < -0.3 is 19.4 Å². The molecule has 0 fully saturated rings. The molecule has 2 aliphatic rings. The smallest absolute Gasteiger partial charge is 0.319 e. The minimum absolute atomic E-state index is 0.0398. The van der Waals surface area contributed by atoms with Crippen LogP contribution in [0.3, 0.4) is 0 Å². The molecule has 2 amide bonds. The topological polar surface area (TPSA) is 111 Å². The fourth-order valence-electron chi connectivity index (χ4n) is 5.52. The van der Waals surface area contributed by atoms with E-state index in [1.54, 1.807) is 29.7 Å². The molecule has 2 aliphatic heterocycles. The quantitative estimate of drug-likeness (QED) is 0.307. The van der Waals surface area contributed by atoms with Crippen LogP contribution in [-0.4, -0.2) is 45.1 Å². The Morgan fingerprint density at radius 2 is 1.83 bits per heavy atom. The summed E-state index contributed by atoms with van der Waals surface area (Å²) in [5.41, 5.74) is -0.637. The first-order chi connectivity index (χ1) is 19.6. The minimum Gasteiger partial charge on any atom is -0.480 e. The highest BCUT2D eigenvalue weighted by Crippen LogP contribution is 2.55. The summed E-state index contributed by atoms with van der Waals surface area (Å²) in [6.07, 6.45) is 1.49. The van der Waals surface area contributed by atoms with E-state index in [0.717, 1.165) is 11.0 Å². The van der Waals surface area contributed by atoms with Gasteiger partial charge in [-0.2, -0.15) is 4.98 Å². The summed E-state index contributed by atoms with van der Waals surface area (Å²) in [5, 5.41) is 3.41. The van der Waals surface area contributed by atoms with E-state index >= 15 is 4.39 Å². The van der Waals surface area contributed by atoms with Crippen molar-refractivity contribution in [1.29, 1.82) is 0 Å². The van der Waals surface area contributed by atoms with Crippen LogP contribution in [0.2, 0.25) is 10.0 Å². The number of nitrogens with zero attached hydrogens (tertiary/aromatic N) is 5. The van der Waals surface area contributed by atoms with E-state index in [-0.39, 0.29) is 40.0 Å². The number of anilines is 2. The number of ether oxygens (including phenoxy) is 2. The Morgan fingerprint density at radius 3 is 2.54 bits per heavy atom. The first-order valence-corrected chi connectivity index (χ1v) is 13.5. The van der Waals surface area contributed by atoms with Gasteiger partial charge in [0, 0.05) is 33.5 Å². The summed E-state index contributed by atoms with van der Waals surface area (Å²) < 4.78 is 28.2. The van der Waals surface area contributed by atoms with Crippen molar-refractivity contribution >= 4 is 46.4 Å². The first-order valence-electron chi connectivity index (χ1n) is 12.7. The lowest BCUT2D eigenvalue weighted by atomic mass is 9.87. The average molecular weight is 597 g/mol. The molecule has 210 valence electrons. The molecule has 1 spiro atoms. The van der Waals surface area contributed by atoms with E-state index in [9.17, 15) is 9.59 Å². The number of hydrogen-bond acceptors (Lipinski definition) is 7. The highest BCUT2D eigenvalue weighted by molar-refractivity contribution is 6.32. The third-order valence-corrected chi connectivity index (χ3v) is 7.52. The fraction of sp³-hybridized carbons (Fsp3) is 0.250. The zero-order valence-corrected chi connectivity index (χ0v) is 23.8. The Labute approximate surface area is 244 Å². The van der Waals surface area contributed by atoms with Gasteiger partial charge in [0.15, 0.2) is 11.2 Å². The molecule has 6 rings (SSSR count). The van der Waals surface area contributed by atoms with Gasteiger partial charge in [-0.05, 0) is 51.1 Å². The van der Waals surface area contributed by atoms with Gasteiger partial charge in [0.05, 0.1) is 30.7 Å². The number of carbonyl (C=O) groups excluding carboxylic acids is 2. The number of rotatable bonds is 6. The van der Waals surface area contributed by atoms with E-state index < -0.39 is 23.2 Å². The van der Waals surface area contributed by atoms with Crippen molar-refractivity contribution in [1.82, 2.24) is 19.5 Å². The van der Waals surface area contributed by atoms with E-state index in [1.807, 2.05) is 13.8 Å². The number of halogens is 3. The van der Waals surface area contributed by atoms with Crippen LogP contribution < -0.4 is 19.7 Å². The molecule has 4 heterocycles. The maximum atomic E-state index is 15.5. The van der Waals surface area contributed by atoms with Crippen molar-refractivity contribution in [2.45, 2.75) is 32.4 Å². The highest BCUT2D eigenvalue weighted by atomic mass is 35.5. The number of amides is 2. The lowest BCUT2D eigenvalue weighted by Crippen LogP contribution is -2.51. The van der Waals surface area contributed by atoms with E-state index in [0.29, 0.717) is 34.3 Å². The van der Waals surface area contributed by atoms with Crippen LogP contribution in [0, 0.1) is 5.82 Å². The highest BCUT2D eigenvalue weighted by Gasteiger charge is 2.64. The Morgan fingerprint density at radius 1 is 1.10 bits per heavy atom. The molecule has 1 atom stereocenters. The molecule has 1 N–H and O–H groups in total. The van der Waals surface area contributed by atoms with Gasteiger partial charge in [-0.15, -0.1) is 0 Å². The number of aromatic nitrogens is 4. The van der Waals surface area contributed by atoms with Gasteiger partial charge in [0.1, 0.15) is 11.6 Å². The standard InChI is InChI=1S/C28H23Cl2FN6O4/c1-5-41-27-32-12-16(24(35-27)40-4)23-34-21-22(36(23)13(2)3)28(17-8-6-14(29)10-19(17)33-26(28)39)37(25(21)38)20-11-15(30)7-9-18(20)31/h6-13H,5H2,1-4H3,(H,33,39). The maximum absolute atomic E-state index is 15.5. The third kappa shape index (κ3) is 3.79. The minimum atomic E-state index is -1.84. The van der Waals surface area contributed by atoms with Gasteiger partial charge in [0.2, 0.25) is 5.88 Å². The van der Waals surface area contributed by atoms with Crippen LogP contribution in [0.25, 0.3) is 11.4 Å². The number of methoxy groups -OCH3 is 1. The van der Waals surface area contributed by atoms with Gasteiger partial charge in [-0.3, -0.25) is 14.5 Å². The molecule has 0 bridgehead atoms. The molecule has 0 radical (unpaired) electrons. The summed E-state index contributed by atoms with van der Waals surface area (Å²) in [6.45, 7) is 5.91. The van der Waals surface area contributed by atoms with E-state index in [4.69, 9.17) is 37.7 Å². The Kier molecular flexibility index (Phi) is 6.39. The first kappa shape index (κ1) is 27.0. The molecule has 0 saturated heterocycles. The second kappa shape index (κ2) is 9.71. The Balaban J connectivity index is 1.70. The summed E-state index contributed by atoms with van der Waals surface area (Å²) in [6, 6.07) is 8.44. The molecule has 2 aromatic carbocycles. The molecule has 10 nitrogen and oxygen atoms in total.